The first-order valence-electron chi connectivity index (χ1n) is 16.0. The summed E-state index contributed by atoms with van der Waals surface area (Å²) in [4.78, 5) is 36.7. The van der Waals surface area contributed by atoms with E-state index in [1.807, 2.05) is 6.92 Å². The first-order valence-corrected chi connectivity index (χ1v) is 17.5. The Morgan fingerprint density at radius 3 is 1.66 bits per heavy atom. The SMILES string of the molecule is CCCC(C(=O)O)N(C)C(N)=NP(=O)(OCCCCOC(=O)OC1CCCCC1)OCCCCOC(=O)OC1CCCCC1. The monoisotopic (exact) mass is 649 g/mol. The lowest BCUT2D eigenvalue weighted by Gasteiger charge is -2.26. The molecule has 0 spiro atoms. The molecule has 15 heteroatoms. The quantitative estimate of drug-likeness (QED) is 0.0533. The lowest BCUT2D eigenvalue weighted by Crippen LogP contribution is -2.46. The Morgan fingerprint density at radius 1 is 0.818 bits per heavy atom. The van der Waals surface area contributed by atoms with Crippen LogP contribution in [0.1, 0.15) is 110 Å². The molecule has 2 saturated carbocycles. The van der Waals surface area contributed by atoms with Crippen molar-refractivity contribution in [2.75, 3.05) is 33.5 Å². The Balaban J connectivity index is 1.80. The number of carboxylic acid groups (broad SMARTS) is 1. The lowest BCUT2D eigenvalue weighted by molar-refractivity contribution is -0.141. The number of unbranched alkanes of at least 4 members (excludes halogenated alkanes) is 2. The number of nitrogens with zero attached hydrogens (tertiary/aromatic N) is 2. The Kier molecular flexibility index (Phi) is 18.1. The minimum Gasteiger partial charge on any atom is -0.480 e. The van der Waals surface area contributed by atoms with Crippen LogP contribution in [0, 0.1) is 0 Å². The van der Waals surface area contributed by atoms with Crippen molar-refractivity contribution in [1.82, 2.24) is 4.90 Å². The molecule has 0 heterocycles. The van der Waals surface area contributed by atoms with E-state index in [2.05, 4.69) is 4.76 Å². The number of carbonyl (C=O) groups is 3. The van der Waals surface area contributed by atoms with Crippen molar-refractivity contribution in [3.05, 3.63) is 0 Å². The molecular formula is C29H52N3O11P. The summed E-state index contributed by atoms with van der Waals surface area (Å²) in [5.41, 5.74) is 6.03. The fraction of sp³-hybridized carbons (Fsp3) is 0.862. The van der Waals surface area contributed by atoms with Crippen molar-refractivity contribution in [3.63, 3.8) is 0 Å². The Morgan fingerprint density at radius 2 is 1.25 bits per heavy atom. The van der Waals surface area contributed by atoms with Gasteiger partial charge in [-0.05, 0) is 83.5 Å². The summed E-state index contributed by atoms with van der Waals surface area (Å²) in [5, 5.41) is 9.56. The number of aliphatic carboxylic acids is 1. The average molecular weight is 650 g/mol. The van der Waals surface area contributed by atoms with E-state index in [-0.39, 0.29) is 44.6 Å². The maximum absolute atomic E-state index is 13.5. The molecule has 0 aliphatic heterocycles. The van der Waals surface area contributed by atoms with Crippen molar-refractivity contribution in [3.8, 4) is 0 Å². The number of carboxylic acids is 1. The molecule has 44 heavy (non-hydrogen) atoms. The first-order chi connectivity index (χ1) is 21.1. The van der Waals surface area contributed by atoms with Gasteiger partial charge < -0.3 is 34.7 Å². The van der Waals surface area contributed by atoms with E-state index in [1.165, 1.54) is 11.9 Å². The molecule has 254 valence electrons. The summed E-state index contributed by atoms with van der Waals surface area (Å²) in [6.07, 6.45) is 10.8. The molecule has 0 aromatic carbocycles. The van der Waals surface area contributed by atoms with E-state index in [4.69, 9.17) is 33.7 Å². The van der Waals surface area contributed by atoms with Gasteiger partial charge in [0.2, 0.25) is 5.96 Å². The number of carbonyl (C=O) groups excluding carboxylic acids is 2. The van der Waals surface area contributed by atoms with Gasteiger partial charge in [0.05, 0.1) is 26.4 Å². The van der Waals surface area contributed by atoms with E-state index in [0.717, 1.165) is 64.2 Å². The maximum atomic E-state index is 13.5. The molecule has 14 nitrogen and oxygen atoms in total. The third kappa shape index (κ3) is 15.4. The molecule has 1 atom stereocenters. The molecule has 2 aliphatic carbocycles. The van der Waals surface area contributed by atoms with E-state index in [0.29, 0.717) is 38.5 Å². The van der Waals surface area contributed by atoms with E-state index in [9.17, 15) is 24.1 Å². The minimum absolute atomic E-state index is 0.0355. The fourth-order valence-corrected chi connectivity index (χ4v) is 6.29. The summed E-state index contributed by atoms with van der Waals surface area (Å²) in [7, 11) is -2.69. The van der Waals surface area contributed by atoms with Crippen LogP contribution in [0.3, 0.4) is 0 Å². The number of likely N-dealkylation sites (N-methyl/N-ethyl adjacent to an activating group) is 1. The molecule has 1 unspecified atom stereocenters. The summed E-state index contributed by atoms with van der Waals surface area (Å²) < 4.78 is 49.4. The van der Waals surface area contributed by atoms with Crippen LogP contribution in [0.25, 0.3) is 0 Å². The average Bonchev–Trinajstić information content (AvgIpc) is 3.00. The Labute approximate surface area is 260 Å². The zero-order chi connectivity index (χ0) is 32.2. The molecule has 0 saturated heterocycles. The van der Waals surface area contributed by atoms with Gasteiger partial charge in [-0.2, -0.15) is 0 Å². The van der Waals surface area contributed by atoms with Crippen LogP contribution in [0.2, 0.25) is 0 Å². The molecular weight excluding hydrogens is 597 g/mol. The van der Waals surface area contributed by atoms with Crippen LogP contribution >= 0.6 is 7.75 Å². The minimum atomic E-state index is -4.14. The third-order valence-corrected chi connectivity index (χ3v) is 9.02. The van der Waals surface area contributed by atoms with Gasteiger partial charge >= 0.3 is 26.0 Å². The van der Waals surface area contributed by atoms with E-state index >= 15 is 0 Å². The van der Waals surface area contributed by atoms with Crippen LogP contribution in [-0.2, 0) is 37.4 Å². The van der Waals surface area contributed by atoms with E-state index in [1.54, 1.807) is 0 Å². The van der Waals surface area contributed by atoms with Gasteiger partial charge in [0.15, 0.2) is 0 Å². The lowest BCUT2D eigenvalue weighted by atomic mass is 9.98. The second-order valence-corrected chi connectivity index (χ2v) is 12.9. The smallest absolute Gasteiger partial charge is 0.480 e. The molecule has 0 aromatic heterocycles. The number of ether oxygens (including phenoxy) is 4. The summed E-state index contributed by atoms with van der Waals surface area (Å²) in [6, 6.07) is -0.965. The predicted octanol–water partition coefficient (Wildman–Crippen LogP) is 6.16. The van der Waals surface area contributed by atoms with Crippen LogP contribution in [0.15, 0.2) is 4.76 Å². The Bertz CT molecular complexity index is 892. The van der Waals surface area contributed by atoms with Gasteiger partial charge in [0, 0.05) is 7.05 Å². The standard InChI is InChI=1S/C29H52N3O11P/c1-3-14-25(26(33)34)32(2)27(30)31-44(37,40-21-12-10-19-38-28(35)42-23-15-6-4-7-16-23)41-22-13-11-20-39-29(36)43-24-17-8-5-9-18-24/h23-25H,3-22H2,1-2H3,(H,33,34)(H2,30,31,37). The van der Waals surface area contributed by atoms with Gasteiger partial charge in [0.25, 0.3) is 0 Å². The molecule has 2 fully saturated rings. The van der Waals surface area contributed by atoms with Crippen molar-refractivity contribution < 1.29 is 52.1 Å². The van der Waals surface area contributed by atoms with Crippen LogP contribution in [0.4, 0.5) is 9.59 Å². The number of hydrogen-bond acceptors (Lipinski definition) is 10. The number of nitrogens with two attached hydrogens (primary N) is 1. The normalized spacial score (nSPS) is 17.5. The van der Waals surface area contributed by atoms with Crippen molar-refractivity contribution >= 4 is 32.0 Å². The van der Waals surface area contributed by atoms with Crippen LogP contribution in [0.5, 0.6) is 0 Å². The second kappa shape index (κ2) is 21.2. The number of guanidine groups is 1. The fourth-order valence-electron chi connectivity index (χ4n) is 4.99. The van der Waals surface area contributed by atoms with Gasteiger partial charge in [-0.3, -0.25) is 9.05 Å². The van der Waals surface area contributed by atoms with Crippen molar-refractivity contribution in [1.29, 1.82) is 0 Å². The predicted molar refractivity (Wildman–Crippen MR) is 162 cm³/mol. The highest BCUT2D eigenvalue weighted by molar-refractivity contribution is 7.52. The highest BCUT2D eigenvalue weighted by Crippen LogP contribution is 2.50. The zero-order valence-corrected chi connectivity index (χ0v) is 27.2. The van der Waals surface area contributed by atoms with Crippen molar-refractivity contribution in [2.24, 2.45) is 10.5 Å². The first kappa shape index (κ1) is 37.6. The highest BCUT2D eigenvalue weighted by Gasteiger charge is 2.29. The largest absolute Gasteiger partial charge is 0.508 e. The molecule has 0 amide bonds. The summed E-state index contributed by atoms with van der Waals surface area (Å²) >= 11 is 0. The van der Waals surface area contributed by atoms with Crippen LogP contribution < -0.4 is 5.73 Å². The molecule has 2 rings (SSSR count). The van der Waals surface area contributed by atoms with Gasteiger partial charge in [-0.25, -0.2) is 18.9 Å². The number of hydrogen-bond donors (Lipinski definition) is 2. The van der Waals surface area contributed by atoms with Gasteiger partial charge in [-0.15, -0.1) is 4.76 Å². The second-order valence-electron chi connectivity index (χ2n) is 11.2. The molecule has 0 aromatic rings. The molecule has 3 N–H and O–H groups in total. The Hall–Kier alpha value is -2.57. The summed E-state index contributed by atoms with van der Waals surface area (Å²) in [5.74, 6) is -1.38. The zero-order valence-electron chi connectivity index (χ0n) is 26.3. The molecule has 0 radical (unpaired) electrons. The number of rotatable bonds is 19. The maximum Gasteiger partial charge on any atom is 0.508 e. The van der Waals surface area contributed by atoms with Gasteiger partial charge in [-0.1, -0.05) is 26.2 Å². The van der Waals surface area contributed by atoms with Gasteiger partial charge in [0.1, 0.15) is 18.2 Å². The van der Waals surface area contributed by atoms with E-state index < -0.39 is 32.1 Å². The molecule has 2 aliphatic rings. The van der Waals surface area contributed by atoms with Crippen LogP contribution in [-0.4, -0.2) is 86.0 Å². The van der Waals surface area contributed by atoms with Crippen molar-refractivity contribution in [2.45, 2.75) is 128 Å². The molecule has 0 bridgehead atoms. The third-order valence-electron chi connectivity index (χ3n) is 7.56. The topological polar surface area (TPSA) is 186 Å². The highest BCUT2D eigenvalue weighted by atomic mass is 31.2. The summed E-state index contributed by atoms with van der Waals surface area (Å²) in [6.45, 7) is 1.98.